The summed E-state index contributed by atoms with van der Waals surface area (Å²) in [7, 11) is 1.60. The Morgan fingerprint density at radius 2 is 1.88 bits per heavy atom. The number of hydrogen-bond acceptors (Lipinski definition) is 5. The molecule has 2 aliphatic rings. The lowest BCUT2D eigenvalue weighted by atomic mass is 9.94. The van der Waals surface area contributed by atoms with E-state index < -0.39 is 47.1 Å². The molecule has 1 aromatic rings. The molecule has 0 radical (unpaired) electrons. The lowest BCUT2D eigenvalue weighted by molar-refractivity contribution is -0.127. The van der Waals surface area contributed by atoms with E-state index in [1.54, 1.807) is 18.9 Å². The zero-order valence-corrected chi connectivity index (χ0v) is 18.8. The summed E-state index contributed by atoms with van der Waals surface area (Å²) in [5.74, 6) is -4.88. The lowest BCUT2D eigenvalue weighted by Gasteiger charge is -2.34. The summed E-state index contributed by atoms with van der Waals surface area (Å²) in [6.45, 7) is 8.34. The van der Waals surface area contributed by atoms with E-state index in [-0.39, 0.29) is 22.9 Å². The Hall–Kier alpha value is -3.27. The summed E-state index contributed by atoms with van der Waals surface area (Å²) >= 11 is 0. The van der Waals surface area contributed by atoms with Gasteiger partial charge >= 0.3 is 0 Å². The molecule has 0 spiro atoms. The Bertz CT molecular complexity index is 1040. The molecular formula is C23H27F3N4O3. The van der Waals surface area contributed by atoms with Crippen LogP contribution < -0.4 is 10.6 Å². The van der Waals surface area contributed by atoms with Crippen molar-refractivity contribution >= 4 is 11.8 Å². The largest absolute Gasteiger partial charge is 0.505 e. The van der Waals surface area contributed by atoms with Crippen molar-refractivity contribution in [3.8, 4) is 0 Å². The molecule has 0 aromatic heterocycles. The summed E-state index contributed by atoms with van der Waals surface area (Å²) in [5, 5.41) is 16.5. The highest BCUT2D eigenvalue weighted by Gasteiger charge is 2.43. The van der Waals surface area contributed by atoms with Crippen LogP contribution in [0, 0.1) is 17.5 Å². The molecule has 0 saturated carbocycles. The van der Waals surface area contributed by atoms with Gasteiger partial charge in [-0.25, -0.2) is 13.2 Å². The van der Waals surface area contributed by atoms with Crippen molar-refractivity contribution in [2.75, 3.05) is 26.7 Å². The van der Waals surface area contributed by atoms with Crippen LogP contribution in [-0.2, 0) is 16.1 Å². The van der Waals surface area contributed by atoms with Crippen LogP contribution >= 0.6 is 0 Å². The Kier molecular flexibility index (Phi) is 7.16. The predicted octanol–water partition coefficient (Wildman–Crippen LogP) is 2.48. The van der Waals surface area contributed by atoms with Gasteiger partial charge in [-0.15, -0.1) is 0 Å². The van der Waals surface area contributed by atoms with Crippen molar-refractivity contribution in [1.29, 1.82) is 0 Å². The quantitative estimate of drug-likeness (QED) is 0.578. The molecule has 7 nitrogen and oxygen atoms in total. The van der Waals surface area contributed by atoms with Crippen molar-refractivity contribution < 1.29 is 27.9 Å². The molecule has 1 atom stereocenters. The second-order valence-electron chi connectivity index (χ2n) is 7.84. The van der Waals surface area contributed by atoms with Crippen LogP contribution in [0.5, 0.6) is 0 Å². The number of carbonyl (C=O) groups is 2. The Labute approximate surface area is 190 Å². The van der Waals surface area contributed by atoms with Crippen LogP contribution in [0.3, 0.4) is 0 Å². The van der Waals surface area contributed by atoms with Crippen LogP contribution in [0.4, 0.5) is 13.2 Å². The van der Waals surface area contributed by atoms with E-state index in [1.807, 2.05) is 6.92 Å². The maximum atomic E-state index is 14.0. The fourth-order valence-electron chi connectivity index (χ4n) is 4.03. The van der Waals surface area contributed by atoms with Crippen molar-refractivity contribution in [1.82, 2.24) is 20.4 Å². The molecule has 0 aliphatic carbocycles. The molecule has 1 fully saturated rings. The summed E-state index contributed by atoms with van der Waals surface area (Å²) in [6.07, 6.45) is 0.564. The molecule has 1 unspecified atom stereocenters. The standard InChI is InChI=1S/C23H27F3N4O3/c1-5-27-17-7-8-30-19(17)18(12(3)21(31)20(30)23(33)29(4)6-2)22(32)28-11-14-15(25)9-13(24)10-16(14)26/h9-10,17,27,31H,3,5-8,11H2,1-2,4H3,(H,28,32). The van der Waals surface area contributed by atoms with Crippen LogP contribution in [-0.4, -0.2) is 59.4 Å². The first-order valence-corrected chi connectivity index (χ1v) is 10.7. The monoisotopic (exact) mass is 464 g/mol. The number of aliphatic hydroxyl groups is 1. The molecule has 2 aliphatic heterocycles. The fraction of sp³-hybridized carbons (Fsp3) is 0.391. The van der Waals surface area contributed by atoms with E-state index in [9.17, 15) is 27.9 Å². The SMILES string of the molecule is C=C1C(O)=C(C(=O)N(C)CC)N2CCC(NCC)C2=C1C(=O)NCc1c(F)cc(F)cc1F. The van der Waals surface area contributed by atoms with Gasteiger partial charge in [0.05, 0.1) is 11.6 Å². The molecule has 2 amide bonds. The van der Waals surface area contributed by atoms with Crippen molar-refractivity contribution in [3.05, 3.63) is 70.0 Å². The molecule has 0 bridgehead atoms. The van der Waals surface area contributed by atoms with Gasteiger partial charge in [-0.3, -0.25) is 9.59 Å². The van der Waals surface area contributed by atoms with Gasteiger partial charge in [0.2, 0.25) is 0 Å². The number of halogens is 3. The second-order valence-corrected chi connectivity index (χ2v) is 7.84. The van der Waals surface area contributed by atoms with E-state index in [0.29, 0.717) is 43.9 Å². The van der Waals surface area contributed by atoms with Gasteiger partial charge < -0.3 is 25.5 Å². The number of likely N-dealkylation sites (N-methyl/N-ethyl adjacent to an activating group) is 2. The highest BCUT2D eigenvalue weighted by molar-refractivity contribution is 6.03. The minimum Gasteiger partial charge on any atom is -0.505 e. The highest BCUT2D eigenvalue weighted by Crippen LogP contribution is 2.39. The van der Waals surface area contributed by atoms with E-state index in [4.69, 9.17) is 0 Å². The number of nitrogens with zero attached hydrogens (tertiary/aromatic N) is 2. The number of fused-ring (bicyclic) bond motifs is 1. The molecule has 3 rings (SSSR count). The zero-order valence-electron chi connectivity index (χ0n) is 18.8. The zero-order chi connectivity index (χ0) is 24.4. The highest BCUT2D eigenvalue weighted by atomic mass is 19.1. The normalized spacial score (nSPS) is 18.1. The first-order chi connectivity index (χ1) is 15.6. The molecule has 2 heterocycles. The van der Waals surface area contributed by atoms with Gasteiger partial charge in [-0.05, 0) is 19.9 Å². The average Bonchev–Trinajstić information content (AvgIpc) is 3.15. The molecular weight excluding hydrogens is 437 g/mol. The third-order valence-electron chi connectivity index (χ3n) is 5.83. The molecule has 10 heteroatoms. The number of allylic oxidation sites excluding steroid dienone is 1. The Morgan fingerprint density at radius 1 is 1.24 bits per heavy atom. The minimum atomic E-state index is -1.13. The van der Waals surface area contributed by atoms with E-state index in [2.05, 4.69) is 17.2 Å². The Balaban J connectivity index is 1.98. The van der Waals surface area contributed by atoms with E-state index in [1.165, 1.54) is 4.90 Å². The second kappa shape index (κ2) is 9.70. The summed E-state index contributed by atoms with van der Waals surface area (Å²) in [5.41, 5.74) is -0.0356. The number of nitrogens with one attached hydrogen (secondary N) is 2. The summed E-state index contributed by atoms with van der Waals surface area (Å²) in [6, 6.07) is 0.764. The predicted molar refractivity (Wildman–Crippen MR) is 116 cm³/mol. The smallest absolute Gasteiger partial charge is 0.274 e. The summed E-state index contributed by atoms with van der Waals surface area (Å²) in [4.78, 5) is 29.1. The van der Waals surface area contributed by atoms with Gasteiger partial charge in [0.15, 0.2) is 5.76 Å². The van der Waals surface area contributed by atoms with Crippen LogP contribution in [0.1, 0.15) is 25.8 Å². The topological polar surface area (TPSA) is 84.9 Å². The van der Waals surface area contributed by atoms with E-state index >= 15 is 0 Å². The number of hydrogen-bond donors (Lipinski definition) is 3. The van der Waals surface area contributed by atoms with Gasteiger partial charge in [-0.1, -0.05) is 13.5 Å². The van der Waals surface area contributed by atoms with Gasteiger partial charge in [0, 0.05) is 55.6 Å². The third kappa shape index (κ3) is 4.47. The number of benzene rings is 1. The van der Waals surface area contributed by atoms with E-state index in [0.717, 1.165) is 0 Å². The van der Waals surface area contributed by atoms with Gasteiger partial charge in [0.1, 0.15) is 23.1 Å². The first kappa shape index (κ1) is 24.4. The van der Waals surface area contributed by atoms with Crippen LogP contribution in [0.25, 0.3) is 0 Å². The lowest BCUT2D eigenvalue weighted by Crippen LogP contribution is -2.42. The molecule has 1 saturated heterocycles. The number of carbonyl (C=O) groups excluding carboxylic acids is 2. The number of aliphatic hydroxyl groups excluding tert-OH is 1. The van der Waals surface area contributed by atoms with Gasteiger partial charge in [-0.2, -0.15) is 0 Å². The fourth-order valence-corrected chi connectivity index (χ4v) is 4.03. The molecule has 1 aromatic carbocycles. The number of amides is 2. The average molecular weight is 464 g/mol. The van der Waals surface area contributed by atoms with Crippen LogP contribution in [0.15, 0.2) is 47.0 Å². The van der Waals surface area contributed by atoms with Crippen molar-refractivity contribution in [2.24, 2.45) is 0 Å². The van der Waals surface area contributed by atoms with Crippen LogP contribution in [0.2, 0.25) is 0 Å². The molecule has 3 N–H and O–H groups in total. The van der Waals surface area contributed by atoms with Crippen molar-refractivity contribution in [2.45, 2.75) is 32.9 Å². The minimum absolute atomic E-state index is 0.0228. The Morgan fingerprint density at radius 3 is 2.45 bits per heavy atom. The number of rotatable bonds is 7. The maximum Gasteiger partial charge on any atom is 0.274 e. The molecule has 33 heavy (non-hydrogen) atoms. The van der Waals surface area contributed by atoms with Gasteiger partial charge in [0.25, 0.3) is 11.8 Å². The first-order valence-electron chi connectivity index (χ1n) is 10.7. The summed E-state index contributed by atoms with van der Waals surface area (Å²) < 4.78 is 41.2. The maximum absolute atomic E-state index is 14.0. The third-order valence-corrected chi connectivity index (χ3v) is 5.83. The molecule has 178 valence electrons. The van der Waals surface area contributed by atoms with Crippen molar-refractivity contribution in [3.63, 3.8) is 0 Å².